The van der Waals surface area contributed by atoms with Crippen LogP contribution in [0, 0.1) is 106 Å². The third-order valence-corrected chi connectivity index (χ3v) is 8.85. The predicted molar refractivity (Wildman–Crippen MR) is 227 cm³/mol. The second-order valence-electron chi connectivity index (χ2n) is 13.9. The summed E-state index contributed by atoms with van der Waals surface area (Å²) in [6, 6.07) is 21.5. The number of hydrogen-bond acceptors (Lipinski definition) is 2. The van der Waals surface area contributed by atoms with Gasteiger partial charge in [0.2, 0.25) is 0 Å². The molecular formula is C46H56Mo6N6O19-36. The summed E-state index contributed by atoms with van der Waals surface area (Å²) in [5.41, 5.74) is 20.8. The van der Waals surface area contributed by atoms with Crippen LogP contribution in [0.5, 0.6) is 0 Å². The molecule has 0 radical (unpaired) electrons. The summed E-state index contributed by atoms with van der Waals surface area (Å²) >= 11 is 0. The minimum atomic E-state index is 0. The Morgan fingerprint density at radius 3 is 0.597 bits per heavy atom. The summed E-state index contributed by atoms with van der Waals surface area (Å²) in [7, 11) is 0. The van der Waals surface area contributed by atoms with Crippen molar-refractivity contribution in [3.05, 3.63) is 153 Å². The van der Waals surface area contributed by atoms with E-state index in [0.717, 1.165) is 0 Å². The van der Waals surface area contributed by atoms with Gasteiger partial charge in [0, 0.05) is 140 Å². The van der Waals surface area contributed by atoms with Crippen LogP contribution in [0.3, 0.4) is 0 Å². The number of imidazole rings is 2. The van der Waals surface area contributed by atoms with Crippen LogP contribution in [0.25, 0.3) is 22.7 Å². The maximum atomic E-state index is 7.32. The summed E-state index contributed by atoms with van der Waals surface area (Å²) in [5, 5.41) is 14.6. The Morgan fingerprint density at radius 2 is 0.442 bits per heavy atom. The zero-order valence-electron chi connectivity index (χ0n) is 44.0. The Labute approximate surface area is 539 Å². The maximum absolute atomic E-state index is 7.32. The first kappa shape index (κ1) is 152. The van der Waals surface area contributed by atoms with E-state index in [1.54, 1.807) is 12.1 Å². The number of hydrogen-bond donors (Lipinski definition) is 0. The van der Waals surface area contributed by atoms with Crippen LogP contribution in [0.2, 0.25) is 0 Å². The molecule has 0 N–H and O–H groups in total. The van der Waals surface area contributed by atoms with Crippen LogP contribution < -0.4 is 9.13 Å². The normalized spacial score (nSPS) is 6.81. The molecule has 456 valence electrons. The molecule has 0 saturated carbocycles. The fourth-order valence-corrected chi connectivity index (χ4v) is 7.56. The van der Waals surface area contributed by atoms with E-state index in [2.05, 4.69) is 187 Å². The van der Waals surface area contributed by atoms with E-state index in [-0.39, 0.29) is 230 Å². The van der Waals surface area contributed by atoms with Crippen molar-refractivity contribution in [1.82, 2.24) is 9.13 Å². The molecule has 6 aromatic rings. The zero-order valence-corrected chi connectivity index (χ0v) is 56.0. The first-order valence-electron chi connectivity index (χ1n) is 17.7. The quantitative estimate of drug-likeness (QED) is 0.125. The van der Waals surface area contributed by atoms with Crippen molar-refractivity contribution in [2.75, 3.05) is 0 Å². The first-order valence-corrected chi connectivity index (χ1v) is 17.7. The van der Waals surface area contributed by atoms with Gasteiger partial charge in [-0.05, 0) is 128 Å². The van der Waals surface area contributed by atoms with Gasteiger partial charge in [0.1, 0.15) is 47.5 Å². The Morgan fingerprint density at radius 1 is 0.299 bits per heavy atom. The average Bonchev–Trinajstić information content (AvgIpc) is 3.67. The molecule has 6 rings (SSSR count). The van der Waals surface area contributed by atoms with E-state index < -0.39 is 0 Å². The van der Waals surface area contributed by atoms with E-state index in [1.807, 2.05) is 0 Å². The van der Waals surface area contributed by atoms with Gasteiger partial charge in [0.25, 0.3) is 12.7 Å². The largest absolute Gasteiger partial charge is 2.00 e. The summed E-state index contributed by atoms with van der Waals surface area (Å²) in [6.45, 7) is 28.9. The standard InChI is InChI=1S/2C21H25N2.2C2H3N.6Mo.19O/c2*1-14-9-16(3)20(17(4)10-14)22-7-8-23(13-22)21-18(5)11-15(2)12-19(21)6;2*1-2-3;;;;;;;;;;;;;;;;;;;;;;;;;/h2*7-13H,1-6H3;2*1H3;;;;;;;;;;;;;;;;;;;;;;;;;/q2*+1;;;;;;;;;19*-2. The van der Waals surface area contributed by atoms with Gasteiger partial charge < -0.3 is 104 Å². The van der Waals surface area contributed by atoms with Gasteiger partial charge in [-0.1, -0.05) is 70.8 Å². The average molecular weight is 1570 g/mol. The molecule has 0 aliphatic rings. The number of aromatic nitrogens is 4. The second-order valence-corrected chi connectivity index (χ2v) is 13.9. The molecule has 0 aliphatic carbocycles. The first-order chi connectivity index (χ1) is 24.6. The number of nitrogens with zero attached hydrogens (tertiary/aromatic N) is 6. The molecule has 0 unspecified atom stereocenters. The molecule has 0 amide bonds. The van der Waals surface area contributed by atoms with Gasteiger partial charge in [-0.15, -0.1) is 0 Å². The number of rotatable bonds is 4. The second kappa shape index (κ2) is 71.7. The van der Waals surface area contributed by atoms with Crippen LogP contribution in [-0.2, 0) is 230 Å². The number of nitriles is 2. The summed E-state index contributed by atoms with van der Waals surface area (Å²) < 4.78 is 8.90. The topological polar surface area (TPSA) is 607 Å². The minimum Gasteiger partial charge on any atom is -2.00 e. The van der Waals surface area contributed by atoms with E-state index in [4.69, 9.17) is 10.5 Å². The van der Waals surface area contributed by atoms with E-state index in [0.29, 0.717) is 0 Å². The minimum absolute atomic E-state index is 0. The van der Waals surface area contributed by atoms with Crippen molar-refractivity contribution >= 4 is 0 Å². The van der Waals surface area contributed by atoms with Crippen LogP contribution in [0.1, 0.15) is 80.6 Å². The molecule has 25 nitrogen and oxygen atoms in total. The molecule has 0 spiro atoms. The van der Waals surface area contributed by atoms with Gasteiger partial charge in [0.15, 0.2) is 0 Å². The Bertz CT molecular complexity index is 1960. The van der Waals surface area contributed by atoms with Crippen molar-refractivity contribution in [3.8, 4) is 34.9 Å². The Balaban J connectivity index is -0.0000000252. The molecule has 4 aromatic carbocycles. The SMILES string of the molecule is CC#N.CC#N.Cc1cc(C)c(-n2cc[n+](-c3c(C)cc(C)cc3C)c2)c(C)c1.Cc1cc(C)c(-n2cc[n+](-c3c(C)cc(C)cc3C)c2)c(C)c1.[Mo].[Mo].[Mo].[Mo].[Mo].[Mo].[O-2].[O-2].[O-2].[O-2].[O-2].[O-2].[O-2].[O-2].[O-2].[O-2].[O-2].[O-2].[O-2].[O-2].[O-2].[O-2].[O-2].[O-2].[O-2]. The summed E-state index contributed by atoms with van der Waals surface area (Å²) in [4.78, 5) is 0. The maximum Gasteiger partial charge on any atom is 0.254 e. The molecule has 0 aliphatic heterocycles. The van der Waals surface area contributed by atoms with Gasteiger partial charge in [-0.3, -0.25) is 0 Å². The van der Waals surface area contributed by atoms with Crippen LogP contribution >= 0.6 is 0 Å². The van der Waals surface area contributed by atoms with Crippen LogP contribution in [0.15, 0.2) is 86.0 Å². The van der Waals surface area contributed by atoms with Crippen molar-refractivity contribution < 1.29 is 240 Å². The fraction of sp³-hybridized carbons (Fsp3) is 0.304. The van der Waals surface area contributed by atoms with Gasteiger partial charge in [-0.2, -0.15) is 10.5 Å². The van der Waals surface area contributed by atoms with Crippen molar-refractivity contribution in [1.29, 1.82) is 10.5 Å². The number of benzene rings is 4. The molecule has 77 heavy (non-hydrogen) atoms. The molecule has 0 atom stereocenters. The molecule has 2 aromatic heterocycles. The van der Waals surface area contributed by atoms with E-state index in [9.17, 15) is 0 Å². The molecule has 0 bridgehead atoms. The number of aryl methyl sites for hydroxylation is 12. The Hall–Kier alpha value is -2.35. The predicted octanol–water partition coefficient (Wildman–Crippen LogP) is 8.00. The van der Waals surface area contributed by atoms with Gasteiger partial charge in [0.05, 0.1) is 12.1 Å². The molecule has 0 saturated heterocycles. The molecule has 2 heterocycles. The summed E-state index contributed by atoms with van der Waals surface area (Å²) in [6.07, 6.45) is 12.9. The third kappa shape index (κ3) is 41.3. The van der Waals surface area contributed by atoms with Gasteiger partial charge >= 0.3 is 0 Å². The van der Waals surface area contributed by atoms with E-state index >= 15 is 0 Å². The third-order valence-electron chi connectivity index (χ3n) is 8.85. The Kier molecular flexibility index (Phi) is 141. The zero-order chi connectivity index (χ0) is 38.9. The van der Waals surface area contributed by atoms with Crippen molar-refractivity contribution in [3.63, 3.8) is 0 Å². The molecule has 31 heteroatoms. The summed E-state index contributed by atoms with van der Waals surface area (Å²) in [5.74, 6) is 0. The molecular weight excluding hydrogens is 1520 g/mol. The van der Waals surface area contributed by atoms with Crippen molar-refractivity contribution in [2.45, 2.75) is 96.9 Å². The fourth-order valence-electron chi connectivity index (χ4n) is 7.56. The van der Waals surface area contributed by atoms with E-state index in [1.165, 1.54) is 103 Å². The molecule has 0 fully saturated rings. The van der Waals surface area contributed by atoms with Gasteiger partial charge in [-0.25, -0.2) is 18.3 Å². The van der Waals surface area contributed by atoms with Crippen LogP contribution in [0.4, 0.5) is 0 Å². The van der Waals surface area contributed by atoms with Crippen molar-refractivity contribution in [2.24, 2.45) is 0 Å². The van der Waals surface area contributed by atoms with Crippen LogP contribution in [-0.4, -0.2) is 9.13 Å². The monoisotopic (exact) mass is 1580 g/mol. The smallest absolute Gasteiger partial charge is 0.254 e.